The van der Waals surface area contributed by atoms with Gasteiger partial charge in [-0.2, -0.15) is 12.6 Å². The molecule has 0 radical (unpaired) electrons. The van der Waals surface area contributed by atoms with Crippen LogP contribution in [0.15, 0.2) is 59.6 Å². The van der Waals surface area contributed by atoms with Crippen molar-refractivity contribution < 1.29 is 39.0 Å². The predicted octanol–water partition coefficient (Wildman–Crippen LogP) is -2.24. The zero-order valence-electron chi connectivity index (χ0n) is 29.7. The number of nitrogens with two attached hydrogens (primary N) is 3. The Bertz CT molecular complexity index is 1540. The monoisotopic (exact) mass is 757 g/mol. The number of nitrogens with one attached hydrogen (secondary N) is 5. The Morgan fingerprint density at radius 2 is 1.34 bits per heavy atom. The third kappa shape index (κ3) is 15.5. The number of amides is 5. The fourth-order valence-electron chi connectivity index (χ4n) is 5.03. The number of hydrogen-bond donors (Lipinski definition) is 11. The van der Waals surface area contributed by atoms with Crippen LogP contribution in [0.4, 0.5) is 0 Å². The maximum absolute atomic E-state index is 13.6. The number of guanidine groups is 1. The molecule has 0 fully saturated rings. The number of aromatic hydroxyl groups is 1. The predicted molar refractivity (Wildman–Crippen MR) is 201 cm³/mol. The van der Waals surface area contributed by atoms with Gasteiger partial charge >= 0.3 is 0 Å². The number of benzene rings is 2. The van der Waals surface area contributed by atoms with Gasteiger partial charge < -0.3 is 58.8 Å². The van der Waals surface area contributed by atoms with Gasteiger partial charge in [-0.05, 0) is 54.9 Å². The van der Waals surface area contributed by atoms with E-state index in [1.165, 1.54) is 12.1 Å². The van der Waals surface area contributed by atoms with Crippen LogP contribution < -0.4 is 43.8 Å². The van der Waals surface area contributed by atoms with Crippen molar-refractivity contribution >= 4 is 54.4 Å². The number of aldehydes is 1. The van der Waals surface area contributed by atoms with Gasteiger partial charge in [-0.3, -0.25) is 29.0 Å². The first-order chi connectivity index (χ1) is 25.2. The minimum atomic E-state index is -1.55. The molecule has 0 aliphatic rings. The van der Waals surface area contributed by atoms with Crippen molar-refractivity contribution in [3.05, 3.63) is 65.7 Å². The molecule has 0 unspecified atom stereocenters. The molecule has 2 rings (SSSR count). The number of thiol groups is 1. The van der Waals surface area contributed by atoms with Crippen LogP contribution in [0.3, 0.4) is 0 Å². The third-order valence-corrected chi connectivity index (χ3v) is 8.34. The first kappa shape index (κ1) is 44.0. The van der Waals surface area contributed by atoms with E-state index in [9.17, 15) is 39.0 Å². The Morgan fingerprint density at radius 3 is 1.91 bits per heavy atom. The molecule has 53 heavy (non-hydrogen) atoms. The molecular weight excluding hydrogens is 707 g/mol. The lowest BCUT2D eigenvalue weighted by Gasteiger charge is -2.27. The molecule has 0 saturated heterocycles. The van der Waals surface area contributed by atoms with Crippen LogP contribution in [0.5, 0.6) is 5.75 Å². The topological polar surface area (TPSA) is 293 Å². The highest BCUT2D eigenvalue weighted by atomic mass is 32.1. The van der Waals surface area contributed by atoms with Crippen molar-refractivity contribution in [2.75, 3.05) is 18.9 Å². The van der Waals surface area contributed by atoms with Crippen LogP contribution in [-0.2, 0) is 41.6 Å². The molecule has 0 saturated carbocycles. The number of nitrogens with zero attached hydrogens (tertiary/aromatic N) is 1. The summed E-state index contributed by atoms with van der Waals surface area (Å²) in [6, 6.07) is 8.02. The van der Waals surface area contributed by atoms with E-state index in [1.54, 1.807) is 50.2 Å². The number of carbonyl (C=O) groups excluding carboxylic acids is 6. The number of phenolic OH excluding ortho intramolecular Hbond substituents is 1. The normalized spacial score (nSPS) is 14.3. The Morgan fingerprint density at radius 1 is 0.774 bits per heavy atom. The molecular formula is C35H51N9O8S. The summed E-state index contributed by atoms with van der Waals surface area (Å²) < 4.78 is 0. The first-order valence-electron chi connectivity index (χ1n) is 17.0. The molecule has 2 aromatic rings. The van der Waals surface area contributed by atoms with Crippen LogP contribution >= 0.6 is 12.6 Å². The van der Waals surface area contributed by atoms with Gasteiger partial charge in [-0.15, -0.1) is 0 Å². The van der Waals surface area contributed by atoms with Crippen molar-refractivity contribution in [3.63, 3.8) is 0 Å². The maximum atomic E-state index is 13.6. The summed E-state index contributed by atoms with van der Waals surface area (Å²) in [7, 11) is 0. The highest BCUT2D eigenvalue weighted by Crippen LogP contribution is 2.12. The number of carbonyl (C=O) groups is 6. The zero-order chi connectivity index (χ0) is 39.5. The number of rotatable bonds is 22. The minimum absolute atomic E-state index is 0.0146. The van der Waals surface area contributed by atoms with Gasteiger partial charge in [0.25, 0.3) is 0 Å². The van der Waals surface area contributed by atoms with Crippen molar-refractivity contribution in [2.45, 2.75) is 75.8 Å². The quantitative estimate of drug-likeness (QED) is 0.0201. The molecule has 0 aromatic heterocycles. The molecule has 5 amide bonds. The van der Waals surface area contributed by atoms with E-state index in [2.05, 4.69) is 44.2 Å². The van der Waals surface area contributed by atoms with Gasteiger partial charge in [0.05, 0.1) is 18.7 Å². The van der Waals surface area contributed by atoms with Crippen molar-refractivity contribution in [1.29, 1.82) is 0 Å². The zero-order valence-corrected chi connectivity index (χ0v) is 30.6. The molecule has 290 valence electrons. The summed E-state index contributed by atoms with van der Waals surface area (Å²) in [5.41, 5.74) is 18.3. The maximum Gasteiger partial charge on any atom is 0.245 e. The van der Waals surface area contributed by atoms with Gasteiger partial charge in [0.2, 0.25) is 29.5 Å². The summed E-state index contributed by atoms with van der Waals surface area (Å²) >= 11 is 4.14. The molecule has 0 aliphatic heterocycles. The summed E-state index contributed by atoms with van der Waals surface area (Å²) in [5.74, 6) is -4.59. The summed E-state index contributed by atoms with van der Waals surface area (Å²) in [5, 5.41) is 32.2. The molecule has 0 aliphatic carbocycles. The summed E-state index contributed by atoms with van der Waals surface area (Å²) in [4.78, 5) is 81.8. The smallest absolute Gasteiger partial charge is 0.245 e. The number of aliphatic hydroxyl groups excluding tert-OH is 1. The first-order valence-corrected chi connectivity index (χ1v) is 17.6. The average molecular weight is 758 g/mol. The van der Waals surface area contributed by atoms with Crippen LogP contribution in [0, 0.1) is 5.92 Å². The fourth-order valence-corrected chi connectivity index (χ4v) is 5.28. The van der Waals surface area contributed by atoms with E-state index in [0.717, 1.165) is 5.56 Å². The Kier molecular flexibility index (Phi) is 18.8. The van der Waals surface area contributed by atoms with Gasteiger partial charge in [0.15, 0.2) is 5.96 Å². The largest absolute Gasteiger partial charge is 0.508 e. The lowest BCUT2D eigenvalue weighted by molar-refractivity contribution is -0.135. The highest BCUT2D eigenvalue weighted by Gasteiger charge is 2.32. The number of phenols is 1. The van der Waals surface area contributed by atoms with Gasteiger partial charge in [0.1, 0.15) is 36.2 Å². The van der Waals surface area contributed by atoms with E-state index >= 15 is 0 Å². The van der Waals surface area contributed by atoms with Gasteiger partial charge in [-0.1, -0.05) is 56.3 Å². The Hall–Kier alpha value is -5.20. The second-order valence-corrected chi connectivity index (χ2v) is 13.0. The highest BCUT2D eigenvalue weighted by molar-refractivity contribution is 7.80. The molecule has 2 aromatic carbocycles. The van der Waals surface area contributed by atoms with Crippen molar-refractivity contribution in [3.8, 4) is 5.75 Å². The fraction of sp³-hybridized carbons (Fsp3) is 0.457. The summed E-state index contributed by atoms with van der Waals surface area (Å²) in [6.07, 6.45) is 1.09. The molecule has 0 spiro atoms. The average Bonchev–Trinajstić information content (AvgIpc) is 3.13. The Balaban J connectivity index is 2.13. The number of aliphatic imine (C=N–C) groups is 1. The number of hydrogen-bond acceptors (Lipinski definition) is 11. The second kappa shape index (κ2) is 22.7. The SMILES string of the molecule is CC(C)[C@H](NC(=O)[C@H](CCCN=C(N)N)NC(=O)[C@H](CO)NC(=O)[C@H](CS)NC(=O)[C@@H](N)Cc1ccccc1)C(=O)N[C@H](C=O)Cc1ccc(O)cc1. The van der Waals surface area contributed by atoms with Crippen LogP contribution in [0.2, 0.25) is 0 Å². The lowest BCUT2D eigenvalue weighted by Crippen LogP contribution is -2.60. The Labute approximate surface area is 313 Å². The standard InChI is InChI=1S/C35H51N9O8S/c1-20(2)29(34(52)40-23(17-45)15-22-10-12-24(47)13-11-22)44-31(49)26(9-6-14-39-35(37)38)41-32(50)27(18-46)42-33(51)28(19-53)43-30(48)25(36)16-21-7-4-3-5-8-21/h3-5,7-8,10-13,17,20,23,25-29,46-47,53H,6,9,14-16,18-19,36H2,1-2H3,(H,40,52)(H,41,50)(H,42,51)(H,43,48)(H,44,49)(H4,37,38,39)/t23-,25-,26-,27-,28-,29-/m0/s1. The summed E-state index contributed by atoms with van der Waals surface area (Å²) in [6.45, 7) is 2.58. The van der Waals surface area contributed by atoms with E-state index in [0.29, 0.717) is 11.8 Å². The lowest BCUT2D eigenvalue weighted by atomic mass is 10.0. The minimum Gasteiger partial charge on any atom is -0.508 e. The molecule has 18 heteroatoms. The third-order valence-electron chi connectivity index (χ3n) is 7.98. The molecule has 0 heterocycles. The van der Waals surface area contributed by atoms with E-state index < -0.39 is 78.3 Å². The van der Waals surface area contributed by atoms with E-state index in [4.69, 9.17) is 17.2 Å². The number of aliphatic hydroxyl groups is 1. The second-order valence-electron chi connectivity index (χ2n) is 12.6. The van der Waals surface area contributed by atoms with Crippen LogP contribution in [0.1, 0.15) is 37.8 Å². The van der Waals surface area contributed by atoms with Crippen molar-refractivity contribution in [1.82, 2.24) is 26.6 Å². The van der Waals surface area contributed by atoms with Gasteiger partial charge in [0, 0.05) is 12.3 Å². The van der Waals surface area contributed by atoms with Crippen molar-refractivity contribution in [2.24, 2.45) is 28.1 Å². The van der Waals surface area contributed by atoms with E-state index in [1.807, 2.05) is 6.07 Å². The van der Waals surface area contributed by atoms with Crippen LogP contribution in [0.25, 0.3) is 0 Å². The molecule has 13 N–H and O–H groups in total. The van der Waals surface area contributed by atoms with E-state index in [-0.39, 0.29) is 49.7 Å². The van der Waals surface area contributed by atoms with Crippen LogP contribution in [-0.4, -0.2) is 107 Å². The molecule has 17 nitrogen and oxygen atoms in total. The molecule has 0 bridgehead atoms. The molecule has 6 atom stereocenters. The van der Waals surface area contributed by atoms with Gasteiger partial charge in [-0.25, -0.2) is 0 Å².